The molecule has 0 spiro atoms. The van der Waals surface area contributed by atoms with E-state index >= 15 is 0 Å². The fourth-order valence-electron chi connectivity index (χ4n) is 4.54. The van der Waals surface area contributed by atoms with Crippen LogP contribution in [-0.2, 0) is 6.42 Å². The zero-order chi connectivity index (χ0) is 26.8. The molecule has 1 atom stereocenters. The van der Waals surface area contributed by atoms with E-state index in [2.05, 4.69) is 15.6 Å². The van der Waals surface area contributed by atoms with Gasteiger partial charge in [0.15, 0.2) is 11.5 Å². The van der Waals surface area contributed by atoms with E-state index in [4.69, 9.17) is 9.47 Å². The normalized spacial score (nSPS) is 13.3. The van der Waals surface area contributed by atoms with Crippen molar-refractivity contribution in [1.29, 1.82) is 0 Å². The molecule has 1 aliphatic heterocycles. The van der Waals surface area contributed by atoms with Crippen LogP contribution < -0.4 is 20.1 Å². The lowest BCUT2D eigenvalue weighted by Gasteiger charge is -2.23. The number of rotatable bonds is 7. The lowest BCUT2D eigenvalue weighted by Crippen LogP contribution is -2.39. The van der Waals surface area contributed by atoms with Crippen LogP contribution in [0.15, 0.2) is 54.7 Å². The van der Waals surface area contributed by atoms with Crippen LogP contribution in [0.2, 0.25) is 0 Å². The monoisotopic (exact) mass is 521 g/mol. The number of benzene rings is 3. The predicted octanol–water partition coefficient (Wildman–Crippen LogP) is 3.58. The topological polar surface area (TPSA) is 113 Å². The fraction of sp³-hybridized carbons (Fsp3) is 0.214. The number of amides is 2. The molecule has 2 amide bonds. The molecule has 0 radical (unpaired) electrons. The Bertz CT molecular complexity index is 1530. The molecule has 0 bridgehead atoms. The first-order chi connectivity index (χ1) is 18.4. The lowest BCUT2D eigenvalue weighted by molar-refractivity contribution is 0.0904. The van der Waals surface area contributed by atoms with Crippen molar-refractivity contribution in [1.82, 2.24) is 15.6 Å². The molecule has 1 aliphatic rings. The fourth-order valence-corrected chi connectivity index (χ4v) is 4.54. The van der Waals surface area contributed by atoms with Gasteiger partial charge in [-0.05, 0) is 71.6 Å². The number of halogens is 2. The van der Waals surface area contributed by atoms with Crippen LogP contribution in [-0.4, -0.2) is 54.8 Å². The number of hydrogen-bond acceptors (Lipinski definition) is 5. The largest absolute Gasteiger partial charge is 0.486 e. The first-order valence-electron chi connectivity index (χ1n) is 12.0. The number of nitrogens with one attached hydrogen (secondary N) is 3. The standard InChI is InChI=1S/C28H25F2N3O5/c1-31-27(35)17-6-15(7-20(30)8-17)16-10-23(26-25(11-16)37-4-5-38-26)28(36)33-21(14-34)9-18-13-32-24-12-19(29)2-3-22(18)24/h2-3,6-8,10-13,21,32,34H,4-5,9,14H2,1H3,(H,31,35)(H,33,36)/t21-/m1/s1. The molecule has 0 fully saturated rings. The quantitative estimate of drug-likeness (QED) is 0.297. The number of hydrogen-bond donors (Lipinski definition) is 4. The molecule has 8 nitrogen and oxygen atoms in total. The third kappa shape index (κ3) is 5.03. The van der Waals surface area contributed by atoms with Gasteiger partial charge in [-0.15, -0.1) is 0 Å². The Kier molecular flexibility index (Phi) is 6.97. The van der Waals surface area contributed by atoms with Crippen molar-refractivity contribution in [2.24, 2.45) is 0 Å². The van der Waals surface area contributed by atoms with Gasteiger partial charge in [0.2, 0.25) is 0 Å². The van der Waals surface area contributed by atoms with Crippen molar-refractivity contribution in [2.45, 2.75) is 12.5 Å². The average molecular weight is 522 g/mol. The minimum atomic E-state index is -0.663. The first kappa shape index (κ1) is 25.2. The van der Waals surface area contributed by atoms with E-state index in [1.165, 1.54) is 37.4 Å². The molecule has 1 aromatic heterocycles. The van der Waals surface area contributed by atoms with Crippen molar-refractivity contribution in [3.63, 3.8) is 0 Å². The van der Waals surface area contributed by atoms with Crippen molar-refractivity contribution >= 4 is 22.7 Å². The minimum Gasteiger partial charge on any atom is -0.486 e. The van der Waals surface area contributed by atoms with Gasteiger partial charge in [-0.2, -0.15) is 0 Å². The van der Waals surface area contributed by atoms with Crippen molar-refractivity contribution < 1.29 is 33.0 Å². The number of fused-ring (bicyclic) bond motifs is 2. The smallest absolute Gasteiger partial charge is 0.255 e. The molecule has 0 saturated heterocycles. The van der Waals surface area contributed by atoms with E-state index in [0.29, 0.717) is 22.4 Å². The summed E-state index contributed by atoms with van der Waals surface area (Å²) < 4.78 is 39.4. The molecule has 5 rings (SSSR count). The second kappa shape index (κ2) is 10.5. The van der Waals surface area contributed by atoms with Crippen molar-refractivity contribution in [3.05, 3.63) is 83.1 Å². The van der Waals surface area contributed by atoms with Gasteiger partial charge in [0.25, 0.3) is 11.8 Å². The molecule has 0 aliphatic carbocycles. The zero-order valence-electron chi connectivity index (χ0n) is 20.4. The summed E-state index contributed by atoms with van der Waals surface area (Å²) in [6, 6.07) is 10.8. The Morgan fingerprint density at radius 1 is 1.00 bits per heavy atom. The Balaban J connectivity index is 1.46. The molecule has 0 saturated carbocycles. The van der Waals surface area contributed by atoms with Gasteiger partial charge in [-0.3, -0.25) is 9.59 Å². The molecule has 196 valence electrons. The van der Waals surface area contributed by atoms with Gasteiger partial charge in [-0.1, -0.05) is 0 Å². The highest BCUT2D eigenvalue weighted by atomic mass is 19.1. The van der Waals surface area contributed by atoms with E-state index in [1.54, 1.807) is 18.3 Å². The van der Waals surface area contributed by atoms with E-state index in [-0.39, 0.29) is 48.9 Å². The van der Waals surface area contributed by atoms with Crippen LogP contribution in [0.4, 0.5) is 8.78 Å². The maximum atomic E-state index is 14.4. The van der Waals surface area contributed by atoms with Gasteiger partial charge in [0, 0.05) is 29.7 Å². The molecule has 3 aromatic carbocycles. The number of aromatic nitrogens is 1. The number of aliphatic hydroxyl groups is 1. The second-order valence-corrected chi connectivity index (χ2v) is 8.92. The molecule has 4 aromatic rings. The summed E-state index contributed by atoms with van der Waals surface area (Å²) in [5, 5.41) is 16.1. The molecule has 4 N–H and O–H groups in total. The van der Waals surface area contributed by atoms with Crippen molar-refractivity contribution in [2.75, 3.05) is 26.9 Å². The van der Waals surface area contributed by atoms with Crippen LogP contribution in [0.3, 0.4) is 0 Å². The molecule has 0 unspecified atom stereocenters. The average Bonchev–Trinajstić information content (AvgIpc) is 3.32. The number of carbonyl (C=O) groups excluding carboxylic acids is 2. The van der Waals surface area contributed by atoms with Crippen LogP contribution in [0.5, 0.6) is 11.5 Å². The van der Waals surface area contributed by atoms with Gasteiger partial charge in [-0.25, -0.2) is 8.78 Å². The Labute approximate surface area is 216 Å². The SMILES string of the molecule is CNC(=O)c1cc(F)cc(-c2cc3c(c(C(=O)N[C@@H](CO)Cc4c[nH]c5cc(F)ccc45)c2)OCCO3)c1. The number of aliphatic hydroxyl groups excluding tert-OH is 1. The molecule has 2 heterocycles. The van der Waals surface area contributed by atoms with E-state index in [1.807, 2.05) is 0 Å². The summed E-state index contributed by atoms with van der Waals surface area (Å²) in [5.41, 5.74) is 2.50. The third-order valence-corrected chi connectivity index (χ3v) is 6.36. The first-order valence-corrected chi connectivity index (χ1v) is 12.0. The highest BCUT2D eigenvalue weighted by Crippen LogP contribution is 2.39. The van der Waals surface area contributed by atoms with Gasteiger partial charge in [0.1, 0.15) is 24.8 Å². The summed E-state index contributed by atoms with van der Waals surface area (Å²) in [6.07, 6.45) is 2.00. The number of ether oxygens (including phenoxy) is 2. The van der Waals surface area contributed by atoms with Crippen LogP contribution >= 0.6 is 0 Å². The van der Waals surface area contributed by atoms with Crippen molar-refractivity contribution in [3.8, 4) is 22.6 Å². The second-order valence-electron chi connectivity index (χ2n) is 8.92. The van der Waals surface area contributed by atoms with Gasteiger partial charge >= 0.3 is 0 Å². The number of H-pyrrole nitrogens is 1. The minimum absolute atomic E-state index is 0.127. The summed E-state index contributed by atoms with van der Waals surface area (Å²) in [6.45, 7) is 0.158. The van der Waals surface area contributed by atoms with Crippen LogP contribution in [0.1, 0.15) is 26.3 Å². The van der Waals surface area contributed by atoms with Crippen LogP contribution in [0.25, 0.3) is 22.0 Å². The summed E-state index contributed by atoms with van der Waals surface area (Å²) in [7, 11) is 1.45. The molecule has 38 heavy (non-hydrogen) atoms. The molecular formula is C28H25F2N3O5. The Morgan fingerprint density at radius 3 is 2.58 bits per heavy atom. The highest BCUT2D eigenvalue weighted by Gasteiger charge is 2.25. The lowest BCUT2D eigenvalue weighted by atomic mass is 9.98. The Morgan fingerprint density at radius 2 is 1.79 bits per heavy atom. The number of aromatic amines is 1. The summed E-state index contributed by atoms with van der Waals surface area (Å²) >= 11 is 0. The molecular weight excluding hydrogens is 496 g/mol. The van der Waals surface area contributed by atoms with E-state index in [0.717, 1.165) is 17.0 Å². The predicted molar refractivity (Wildman–Crippen MR) is 137 cm³/mol. The Hall–Kier alpha value is -4.44. The molecule has 10 heteroatoms. The van der Waals surface area contributed by atoms with Gasteiger partial charge < -0.3 is 30.2 Å². The van der Waals surface area contributed by atoms with E-state index < -0.39 is 23.7 Å². The van der Waals surface area contributed by atoms with Crippen LogP contribution in [0, 0.1) is 11.6 Å². The maximum Gasteiger partial charge on any atom is 0.255 e. The zero-order valence-corrected chi connectivity index (χ0v) is 20.4. The number of carbonyl (C=O) groups is 2. The third-order valence-electron chi connectivity index (χ3n) is 6.36. The maximum absolute atomic E-state index is 14.4. The highest BCUT2D eigenvalue weighted by molar-refractivity contribution is 6.00. The van der Waals surface area contributed by atoms with Gasteiger partial charge in [0.05, 0.1) is 18.2 Å². The summed E-state index contributed by atoms with van der Waals surface area (Å²) in [4.78, 5) is 28.6. The summed E-state index contributed by atoms with van der Waals surface area (Å²) in [5.74, 6) is -1.41. The van der Waals surface area contributed by atoms with E-state index in [9.17, 15) is 23.5 Å².